The first-order valence-corrected chi connectivity index (χ1v) is 11.7. The molecule has 1 fully saturated rings. The third-order valence-electron chi connectivity index (χ3n) is 4.95. The molecule has 1 aliphatic heterocycles. The number of anilines is 1. The topological polar surface area (TPSA) is 93.0 Å². The summed E-state index contributed by atoms with van der Waals surface area (Å²) in [7, 11) is -1.99. The zero-order chi connectivity index (χ0) is 22.2. The van der Waals surface area contributed by atoms with Crippen LogP contribution in [0.3, 0.4) is 0 Å². The summed E-state index contributed by atoms with van der Waals surface area (Å²) in [6.45, 7) is 0.542. The minimum absolute atomic E-state index is 0.0879. The van der Waals surface area contributed by atoms with E-state index in [4.69, 9.17) is 0 Å². The molecule has 31 heavy (non-hydrogen) atoms. The van der Waals surface area contributed by atoms with Crippen molar-refractivity contribution in [2.24, 2.45) is 7.05 Å². The summed E-state index contributed by atoms with van der Waals surface area (Å²) in [6.07, 6.45) is -0.0870. The van der Waals surface area contributed by atoms with Gasteiger partial charge in [0.05, 0.1) is 16.8 Å². The fourth-order valence-electron chi connectivity index (χ4n) is 3.36. The summed E-state index contributed by atoms with van der Waals surface area (Å²) in [5.74, 6) is 0.0879. The average molecular weight is 473 g/mol. The highest BCUT2D eigenvalue weighted by molar-refractivity contribution is 7.89. The molecule has 0 amide bonds. The molecule has 4 rings (SSSR count). The van der Waals surface area contributed by atoms with E-state index in [2.05, 4.69) is 20.4 Å². The van der Waals surface area contributed by atoms with Gasteiger partial charge in [-0.25, -0.2) is 18.4 Å². The van der Waals surface area contributed by atoms with E-state index in [1.807, 2.05) is 0 Å². The molecule has 0 aliphatic carbocycles. The van der Waals surface area contributed by atoms with Gasteiger partial charge in [0.25, 0.3) is 0 Å². The number of hydrogen-bond donors (Lipinski definition) is 1. The largest absolute Gasteiger partial charge is 0.420 e. The molecule has 3 aromatic rings. The number of thiophene rings is 1. The van der Waals surface area contributed by atoms with Crippen LogP contribution in [-0.4, -0.2) is 51.6 Å². The third-order valence-corrected chi connectivity index (χ3v) is 7.68. The molecule has 0 spiro atoms. The highest BCUT2D eigenvalue weighted by Gasteiger charge is 2.36. The monoisotopic (exact) mass is 472 g/mol. The maximum absolute atomic E-state index is 13.4. The second-order valence-corrected chi connectivity index (χ2v) is 9.99. The van der Waals surface area contributed by atoms with Crippen LogP contribution >= 0.6 is 11.3 Å². The average Bonchev–Trinajstić information content (AvgIpc) is 3.40. The zero-order valence-electron chi connectivity index (χ0n) is 16.4. The van der Waals surface area contributed by atoms with Crippen molar-refractivity contribution in [2.45, 2.75) is 30.0 Å². The smallest absolute Gasteiger partial charge is 0.351 e. The first-order chi connectivity index (χ1) is 14.6. The van der Waals surface area contributed by atoms with Crippen LogP contribution in [0.5, 0.6) is 0 Å². The molecular weight excluding hydrogens is 453 g/mol. The predicted octanol–water partition coefficient (Wildman–Crippen LogP) is 3.22. The van der Waals surface area contributed by atoms with E-state index in [1.165, 1.54) is 32.7 Å². The van der Waals surface area contributed by atoms with Gasteiger partial charge in [-0.1, -0.05) is 6.07 Å². The molecule has 8 nitrogen and oxygen atoms in total. The van der Waals surface area contributed by atoms with E-state index in [-0.39, 0.29) is 35.7 Å². The number of aryl methyl sites for hydroxylation is 1. The molecule has 13 heteroatoms. The van der Waals surface area contributed by atoms with Gasteiger partial charge in [0, 0.05) is 38.6 Å². The Morgan fingerprint density at radius 1 is 1.23 bits per heavy atom. The normalized spacial score (nSPS) is 16.5. The lowest BCUT2D eigenvalue weighted by atomic mass is 10.1. The fourth-order valence-corrected chi connectivity index (χ4v) is 5.55. The predicted molar refractivity (Wildman–Crippen MR) is 109 cm³/mol. The minimum atomic E-state index is -4.57. The van der Waals surface area contributed by atoms with Crippen LogP contribution in [0.2, 0.25) is 0 Å². The highest BCUT2D eigenvalue weighted by Crippen LogP contribution is 2.37. The maximum atomic E-state index is 13.4. The molecule has 3 aromatic heterocycles. The van der Waals surface area contributed by atoms with Crippen molar-refractivity contribution < 1.29 is 21.6 Å². The van der Waals surface area contributed by atoms with Gasteiger partial charge < -0.3 is 5.32 Å². The number of aromatic nitrogens is 4. The summed E-state index contributed by atoms with van der Waals surface area (Å²) in [6, 6.07) is 3.08. The molecular formula is C18H19F3N6O2S2. The number of piperidine rings is 1. The summed E-state index contributed by atoms with van der Waals surface area (Å²) >= 11 is 1.17. The first-order valence-electron chi connectivity index (χ1n) is 9.38. The van der Waals surface area contributed by atoms with Crippen molar-refractivity contribution in [2.75, 3.05) is 18.4 Å². The Kier molecular flexibility index (Phi) is 5.75. The van der Waals surface area contributed by atoms with Crippen LogP contribution in [0.25, 0.3) is 10.6 Å². The van der Waals surface area contributed by atoms with Gasteiger partial charge in [-0.15, -0.1) is 11.3 Å². The van der Waals surface area contributed by atoms with Crippen LogP contribution in [0.1, 0.15) is 18.4 Å². The Balaban J connectivity index is 1.47. The van der Waals surface area contributed by atoms with Crippen molar-refractivity contribution in [3.05, 3.63) is 41.7 Å². The second-order valence-electron chi connectivity index (χ2n) is 7.10. The lowest BCUT2D eigenvalue weighted by Crippen LogP contribution is -2.42. The number of sulfonamides is 1. The van der Waals surface area contributed by atoms with Crippen LogP contribution in [-0.2, 0) is 23.2 Å². The number of halogens is 3. The fraction of sp³-hybridized carbons (Fsp3) is 0.389. The number of hydrogen-bond acceptors (Lipinski definition) is 7. The molecule has 0 bridgehead atoms. The molecule has 0 atom stereocenters. The molecule has 1 saturated heterocycles. The maximum Gasteiger partial charge on any atom is 0.420 e. The summed E-state index contributed by atoms with van der Waals surface area (Å²) in [4.78, 5) is 8.50. The van der Waals surface area contributed by atoms with E-state index >= 15 is 0 Å². The Hall–Kier alpha value is -2.51. The Bertz CT molecular complexity index is 1150. The molecule has 4 heterocycles. The Morgan fingerprint density at radius 3 is 2.55 bits per heavy atom. The summed E-state index contributed by atoms with van der Waals surface area (Å²) in [5, 5.41) is 8.64. The standard InChI is InChI=1S/C18H19F3N6O2S2/c1-26-11-13(9-23-26)31(28,29)27-6-4-12(5-7-27)24-17-22-10-14(18(19,20)21)16(25-17)15-3-2-8-30-15/h2-3,8-12H,4-7H2,1H3,(H,22,24,25). The van der Waals surface area contributed by atoms with Crippen molar-refractivity contribution in [1.82, 2.24) is 24.1 Å². The molecule has 166 valence electrons. The van der Waals surface area contributed by atoms with E-state index in [1.54, 1.807) is 24.6 Å². The van der Waals surface area contributed by atoms with Gasteiger partial charge in [0.15, 0.2) is 0 Å². The summed E-state index contributed by atoms with van der Waals surface area (Å²) < 4.78 is 68.3. The van der Waals surface area contributed by atoms with Gasteiger partial charge in [0.2, 0.25) is 16.0 Å². The van der Waals surface area contributed by atoms with Gasteiger partial charge in [-0.3, -0.25) is 4.68 Å². The van der Waals surface area contributed by atoms with Gasteiger partial charge >= 0.3 is 6.18 Å². The van der Waals surface area contributed by atoms with Gasteiger partial charge in [-0.05, 0) is 24.3 Å². The lowest BCUT2D eigenvalue weighted by molar-refractivity contribution is -0.137. The molecule has 0 saturated carbocycles. The molecule has 0 radical (unpaired) electrons. The van der Waals surface area contributed by atoms with E-state index in [0.717, 1.165) is 6.20 Å². The van der Waals surface area contributed by atoms with Crippen LogP contribution in [0.4, 0.5) is 19.1 Å². The molecule has 1 N–H and O–H groups in total. The Morgan fingerprint density at radius 2 is 1.97 bits per heavy atom. The lowest BCUT2D eigenvalue weighted by Gasteiger charge is -2.31. The van der Waals surface area contributed by atoms with E-state index in [0.29, 0.717) is 17.7 Å². The number of nitrogens with one attached hydrogen (secondary N) is 1. The van der Waals surface area contributed by atoms with E-state index in [9.17, 15) is 21.6 Å². The second kappa shape index (κ2) is 8.20. The number of nitrogens with zero attached hydrogens (tertiary/aromatic N) is 5. The first kappa shape index (κ1) is 21.7. The zero-order valence-corrected chi connectivity index (χ0v) is 18.0. The van der Waals surface area contributed by atoms with Crippen LogP contribution < -0.4 is 5.32 Å². The quantitative estimate of drug-likeness (QED) is 0.613. The number of rotatable bonds is 5. The molecule has 1 aliphatic rings. The van der Waals surface area contributed by atoms with Crippen molar-refractivity contribution in [3.63, 3.8) is 0 Å². The SMILES string of the molecule is Cn1cc(S(=O)(=O)N2CCC(Nc3ncc(C(F)(F)F)c(-c4cccs4)n3)CC2)cn1. The van der Waals surface area contributed by atoms with Crippen LogP contribution in [0, 0.1) is 0 Å². The highest BCUT2D eigenvalue weighted by atomic mass is 32.2. The van der Waals surface area contributed by atoms with Gasteiger partial charge in [-0.2, -0.15) is 22.6 Å². The molecule has 0 aromatic carbocycles. The van der Waals surface area contributed by atoms with Crippen molar-refractivity contribution in [1.29, 1.82) is 0 Å². The third kappa shape index (κ3) is 4.57. The van der Waals surface area contributed by atoms with E-state index < -0.39 is 21.8 Å². The molecule has 0 unspecified atom stereocenters. The van der Waals surface area contributed by atoms with Crippen molar-refractivity contribution >= 4 is 27.3 Å². The van der Waals surface area contributed by atoms with Gasteiger partial charge in [0.1, 0.15) is 10.5 Å². The van der Waals surface area contributed by atoms with Crippen molar-refractivity contribution in [3.8, 4) is 10.6 Å². The Labute approximate surface area is 180 Å². The minimum Gasteiger partial charge on any atom is -0.351 e. The summed E-state index contributed by atoms with van der Waals surface area (Å²) in [5.41, 5.74) is -1.06. The number of alkyl halides is 3. The van der Waals surface area contributed by atoms with Crippen LogP contribution in [0.15, 0.2) is 41.0 Å².